The first-order chi connectivity index (χ1) is 15.5. The number of carbonyl (C=O) groups is 1. The summed E-state index contributed by atoms with van der Waals surface area (Å²) in [5.74, 6) is 2.30. The third-order valence-corrected chi connectivity index (χ3v) is 5.32. The van der Waals surface area contributed by atoms with Crippen LogP contribution in [0.2, 0.25) is 0 Å². The SMILES string of the molecule is COc1cc(OC)cc(-c2nc3nc(C)c(CCC(=O)Nc4ccccc4)c(C)n3n2)c1. The van der Waals surface area contributed by atoms with Crippen molar-refractivity contribution >= 4 is 17.4 Å². The van der Waals surface area contributed by atoms with Crippen molar-refractivity contribution in [2.75, 3.05) is 19.5 Å². The number of fused-ring (bicyclic) bond motifs is 1. The lowest BCUT2D eigenvalue weighted by Gasteiger charge is -2.10. The molecule has 0 atom stereocenters. The van der Waals surface area contributed by atoms with E-state index in [2.05, 4.69) is 20.4 Å². The van der Waals surface area contributed by atoms with E-state index in [1.54, 1.807) is 24.8 Å². The summed E-state index contributed by atoms with van der Waals surface area (Å²) in [5.41, 5.74) is 4.29. The molecule has 8 nitrogen and oxygen atoms in total. The van der Waals surface area contributed by atoms with Gasteiger partial charge in [0.15, 0.2) is 5.82 Å². The monoisotopic (exact) mass is 431 g/mol. The van der Waals surface area contributed by atoms with Crippen LogP contribution >= 0.6 is 0 Å². The topological polar surface area (TPSA) is 90.6 Å². The standard InChI is InChI=1S/C24H25N5O3/c1-15-21(10-11-22(30)26-18-8-6-5-7-9-18)16(2)29-24(25-15)27-23(28-29)17-12-19(31-3)14-20(13-17)32-4/h5-9,12-14H,10-11H2,1-4H3,(H,26,30). The Morgan fingerprint density at radius 1 is 1.00 bits per heavy atom. The van der Waals surface area contributed by atoms with Gasteiger partial charge in [0.05, 0.1) is 14.2 Å². The van der Waals surface area contributed by atoms with Crippen LogP contribution in [0.15, 0.2) is 48.5 Å². The number of para-hydroxylation sites is 1. The summed E-state index contributed by atoms with van der Waals surface area (Å²) in [4.78, 5) is 21.6. The summed E-state index contributed by atoms with van der Waals surface area (Å²) in [6, 6.07) is 14.9. The summed E-state index contributed by atoms with van der Waals surface area (Å²) in [6.07, 6.45) is 0.903. The molecule has 0 unspecified atom stereocenters. The largest absolute Gasteiger partial charge is 0.497 e. The molecule has 8 heteroatoms. The smallest absolute Gasteiger partial charge is 0.253 e. The number of methoxy groups -OCH3 is 2. The summed E-state index contributed by atoms with van der Waals surface area (Å²) >= 11 is 0. The van der Waals surface area contributed by atoms with Crippen molar-refractivity contribution in [3.05, 3.63) is 65.5 Å². The second-order valence-electron chi connectivity index (χ2n) is 7.42. The summed E-state index contributed by atoms with van der Waals surface area (Å²) in [6.45, 7) is 3.90. The Morgan fingerprint density at radius 2 is 1.69 bits per heavy atom. The third kappa shape index (κ3) is 4.39. The quantitative estimate of drug-likeness (QED) is 0.476. The molecule has 0 saturated heterocycles. The Kier molecular flexibility index (Phi) is 6.02. The maximum Gasteiger partial charge on any atom is 0.253 e. The summed E-state index contributed by atoms with van der Waals surface area (Å²) in [5, 5.41) is 7.58. The van der Waals surface area contributed by atoms with Crippen LogP contribution in [0.25, 0.3) is 17.2 Å². The molecule has 0 fully saturated rings. The third-order valence-electron chi connectivity index (χ3n) is 5.32. The average molecular weight is 431 g/mol. The van der Waals surface area contributed by atoms with Gasteiger partial charge in [0, 0.05) is 35.1 Å². The summed E-state index contributed by atoms with van der Waals surface area (Å²) < 4.78 is 12.4. The van der Waals surface area contributed by atoms with Crippen LogP contribution in [0.4, 0.5) is 5.69 Å². The van der Waals surface area contributed by atoms with Crippen molar-refractivity contribution in [2.24, 2.45) is 0 Å². The number of benzene rings is 2. The van der Waals surface area contributed by atoms with E-state index in [0.717, 1.165) is 28.2 Å². The van der Waals surface area contributed by atoms with Crippen LogP contribution in [-0.4, -0.2) is 39.7 Å². The van der Waals surface area contributed by atoms with Gasteiger partial charge in [-0.2, -0.15) is 4.98 Å². The van der Waals surface area contributed by atoms with E-state index in [1.807, 2.05) is 56.3 Å². The lowest BCUT2D eigenvalue weighted by molar-refractivity contribution is -0.116. The fourth-order valence-corrected chi connectivity index (χ4v) is 3.61. The molecule has 2 heterocycles. The highest BCUT2D eigenvalue weighted by atomic mass is 16.5. The normalized spacial score (nSPS) is 10.9. The Morgan fingerprint density at radius 3 is 2.34 bits per heavy atom. The van der Waals surface area contributed by atoms with Gasteiger partial charge in [0.2, 0.25) is 5.91 Å². The van der Waals surface area contributed by atoms with E-state index in [1.165, 1.54) is 0 Å². The second kappa shape index (κ2) is 9.05. The van der Waals surface area contributed by atoms with Crippen molar-refractivity contribution in [3.8, 4) is 22.9 Å². The van der Waals surface area contributed by atoms with Gasteiger partial charge in [-0.3, -0.25) is 4.79 Å². The molecular weight excluding hydrogens is 406 g/mol. The van der Waals surface area contributed by atoms with Crippen LogP contribution in [-0.2, 0) is 11.2 Å². The molecular formula is C24H25N5O3. The number of aromatic nitrogens is 4. The maximum atomic E-state index is 12.4. The Hall–Kier alpha value is -3.94. The van der Waals surface area contributed by atoms with Crippen LogP contribution in [0.3, 0.4) is 0 Å². The molecule has 1 N–H and O–H groups in total. The van der Waals surface area contributed by atoms with E-state index >= 15 is 0 Å². The molecule has 4 rings (SSSR count). The number of anilines is 1. The predicted octanol–water partition coefficient (Wildman–Crippen LogP) is 4.00. The van der Waals surface area contributed by atoms with Gasteiger partial charge < -0.3 is 14.8 Å². The molecule has 1 amide bonds. The Balaban J connectivity index is 1.60. The van der Waals surface area contributed by atoms with Gasteiger partial charge in [-0.25, -0.2) is 9.50 Å². The first kappa shape index (κ1) is 21.3. The minimum Gasteiger partial charge on any atom is -0.497 e. The molecule has 0 bridgehead atoms. The first-order valence-electron chi connectivity index (χ1n) is 10.3. The number of nitrogens with zero attached hydrogens (tertiary/aromatic N) is 4. The zero-order chi connectivity index (χ0) is 22.7. The van der Waals surface area contributed by atoms with Gasteiger partial charge >= 0.3 is 0 Å². The Bertz CT molecular complexity index is 1250. The average Bonchev–Trinajstić information content (AvgIpc) is 3.23. The number of amides is 1. The van der Waals surface area contributed by atoms with E-state index in [4.69, 9.17) is 9.47 Å². The van der Waals surface area contributed by atoms with Crippen LogP contribution in [0, 0.1) is 13.8 Å². The highest BCUT2D eigenvalue weighted by molar-refractivity contribution is 5.90. The predicted molar refractivity (Wildman–Crippen MR) is 122 cm³/mol. The van der Waals surface area contributed by atoms with Gasteiger partial charge in [-0.1, -0.05) is 18.2 Å². The number of hydrogen-bond donors (Lipinski definition) is 1. The van der Waals surface area contributed by atoms with Gasteiger partial charge in [-0.05, 0) is 50.1 Å². The minimum absolute atomic E-state index is 0.0437. The van der Waals surface area contributed by atoms with E-state index in [9.17, 15) is 4.79 Å². The molecule has 0 spiro atoms. The van der Waals surface area contributed by atoms with E-state index in [-0.39, 0.29) is 5.91 Å². The fraction of sp³-hybridized carbons (Fsp3) is 0.250. The number of ether oxygens (including phenoxy) is 2. The molecule has 0 radical (unpaired) electrons. The highest BCUT2D eigenvalue weighted by Crippen LogP contribution is 2.28. The lowest BCUT2D eigenvalue weighted by atomic mass is 10.1. The van der Waals surface area contributed by atoms with E-state index in [0.29, 0.717) is 35.9 Å². The number of aryl methyl sites for hydroxylation is 2. The van der Waals surface area contributed by atoms with Gasteiger partial charge in [-0.15, -0.1) is 5.10 Å². The van der Waals surface area contributed by atoms with Crippen molar-refractivity contribution in [2.45, 2.75) is 26.7 Å². The molecule has 2 aromatic heterocycles. The zero-order valence-electron chi connectivity index (χ0n) is 18.5. The zero-order valence-corrected chi connectivity index (χ0v) is 18.5. The van der Waals surface area contributed by atoms with Crippen LogP contribution in [0.5, 0.6) is 11.5 Å². The number of rotatable bonds is 7. The second-order valence-corrected chi connectivity index (χ2v) is 7.42. The van der Waals surface area contributed by atoms with Crippen LogP contribution < -0.4 is 14.8 Å². The lowest BCUT2D eigenvalue weighted by Crippen LogP contribution is -2.14. The van der Waals surface area contributed by atoms with Crippen molar-refractivity contribution < 1.29 is 14.3 Å². The molecule has 2 aromatic carbocycles. The molecule has 0 aliphatic heterocycles. The van der Waals surface area contributed by atoms with Gasteiger partial charge in [0.25, 0.3) is 5.78 Å². The molecule has 0 aliphatic rings. The molecule has 0 saturated carbocycles. The molecule has 32 heavy (non-hydrogen) atoms. The maximum absolute atomic E-state index is 12.4. The molecule has 164 valence electrons. The highest BCUT2D eigenvalue weighted by Gasteiger charge is 2.16. The number of nitrogens with one attached hydrogen (secondary N) is 1. The molecule has 0 aliphatic carbocycles. The first-order valence-corrected chi connectivity index (χ1v) is 10.3. The summed E-state index contributed by atoms with van der Waals surface area (Å²) in [7, 11) is 3.20. The minimum atomic E-state index is -0.0437. The molecule has 4 aromatic rings. The van der Waals surface area contributed by atoms with Crippen molar-refractivity contribution in [3.63, 3.8) is 0 Å². The van der Waals surface area contributed by atoms with E-state index < -0.39 is 0 Å². The van der Waals surface area contributed by atoms with Crippen molar-refractivity contribution in [1.29, 1.82) is 0 Å². The number of hydrogen-bond acceptors (Lipinski definition) is 6. The fourth-order valence-electron chi connectivity index (χ4n) is 3.61. The van der Waals surface area contributed by atoms with Crippen LogP contribution in [0.1, 0.15) is 23.4 Å². The van der Waals surface area contributed by atoms with Crippen molar-refractivity contribution in [1.82, 2.24) is 19.6 Å². The Labute approximate surface area is 186 Å². The number of carbonyl (C=O) groups excluding carboxylic acids is 1. The van der Waals surface area contributed by atoms with Gasteiger partial charge in [0.1, 0.15) is 11.5 Å².